The van der Waals surface area contributed by atoms with Crippen LogP contribution in [0.3, 0.4) is 0 Å². The van der Waals surface area contributed by atoms with Crippen molar-refractivity contribution in [1.29, 1.82) is 0 Å². The number of hydrogen-bond donors (Lipinski definition) is 4. The Balaban J connectivity index is 2.04. The zero-order chi connectivity index (χ0) is 17.4. The van der Waals surface area contributed by atoms with Gasteiger partial charge in [0.2, 0.25) is 0 Å². The van der Waals surface area contributed by atoms with E-state index in [1.54, 1.807) is 24.3 Å². The maximum atomic E-state index is 10.4. The highest BCUT2D eigenvalue weighted by Gasteiger charge is 2.07. The maximum absolute atomic E-state index is 10.4. The smallest absolute Gasteiger partial charge is 0.108 e. The molecule has 7 nitrogen and oxygen atoms in total. The van der Waals surface area contributed by atoms with E-state index < -0.39 is 0 Å². The van der Waals surface area contributed by atoms with E-state index in [1.807, 2.05) is 30.0 Å². The molecule has 2 rings (SSSR count). The Bertz CT molecular complexity index is 655. The Morgan fingerprint density at radius 2 is 1.67 bits per heavy atom. The van der Waals surface area contributed by atoms with Gasteiger partial charge in [-0.3, -0.25) is 0 Å². The molecule has 0 radical (unpaired) electrons. The molecular weight excluding hydrogens is 308 g/mol. The zero-order valence-corrected chi connectivity index (χ0v) is 13.6. The molecule has 0 fully saturated rings. The molecule has 2 aromatic carbocycles. The summed E-state index contributed by atoms with van der Waals surface area (Å²) < 4.78 is 0. The number of aryl methyl sites for hydroxylation is 1. The maximum Gasteiger partial charge on any atom is 0.108 e. The van der Waals surface area contributed by atoms with Crippen molar-refractivity contribution < 1.29 is 10.2 Å². The average molecular weight is 330 g/mol. The fourth-order valence-electron chi connectivity index (χ4n) is 2.34. The summed E-state index contributed by atoms with van der Waals surface area (Å²) in [5.41, 5.74) is 10.3. The van der Waals surface area contributed by atoms with Gasteiger partial charge in [0.25, 0.3) is 0 Å². The SMILES string of the molecule is Cc1cc(N(CCO)CCO)ccc1NNc1ccc(N=O)cc1. The van der Waals surface area contributed by atoms with E-state index in [0.29, 0.717) is 18.8 Å². The van der Waals surface area contributed by atoms with Crippen LogP contribution in [0.15, 0.2) is 47.6 Å². The van der Waals surface area contributed by atoms with Crippen molar-refractivity contribution >= 4 is 22.7 Å². The molecule has 0 unspecified atom stereocenters. The second kappa shape index (κ2) is 8.85. The standard InChI is InChI=1S/C17H22N4O3/c1-13-12-16(21(8-10-22)9-11-23)6-7-17(13)19-18-14-2-4-15(20-24)5-3-14/h2-7,12,18-19,22-23H,8-11H2,1H3. The van der Waals surface area contributed by atoms with Gasteiger partial charge in [0.15, 0.2) is 0 Å². The molecule has 0 bridgehead atoms. The van der Waals surface area contributed by atoms with Crippen molar-refractivity contribution in [2.45, 2.75) is 6.92 Å². The van der Waals surface area contributed by atoms with E-state index in [4.69, 9.17) is 10.2 Å². The van der Waals surface area contributed by atoms with E-state index in [9.17, 15) is 4.91 Å². The molecule has 0 saturated heterocycles. The molecular formula is C17H22N4O3. The lowest BCUT2D eigenvalue weighted by Crippen LogP contribution is -2.29. The van der Waals surface area contributed by atoms with Gasteiger partial charge in [0.1, 0.15) is 5.69 Å². The van der Waals surface area contributed by atoms with Crippen LogP contribution in [0.25, 0.3) is 0 Å². The van der Waals surface area contributed by atoms with Crippen LogP contribution >= 0.6 is 0 Å². The van der Waals surface area contributed by atoms with Gasteiger partial charge < -0.3 is 26.0 Å². The number of nitrogens with zero attached hydrogens (tertiary/aromatic N) is 2. The highest BCUT2D eigenvalue weighted by atomic mass is 16.3. The summed E-state index contributed by atoms with van der Waals surface area (Å²) in [6.45, 7) is 2.99. The summed E-state index contributed by atoms with van der Waals surface area (Å²) in [5.74, 6) is 0. The number of rotatable bonds is 9. The summed E-state index contributed by atoms with van der Waals surface area (Å²) in [5, 5.41) is 21.1. The van der Waals surface area contributed by atoms with Gasteiger partial charge in [-0.1, -0.05) is 0 Å². The second-order valence-corrected chi connectivity index (χ2v) is 5.32. The van der Waals surface area contributed by atoms with Gasteiger partial charge in [-0.25, -0.2) is 0 Å². The molecule has 128 valence electrons. The molecule has 0 aromatic heterocycles. The highest BCUT2D eigenvalue weighted by Crippen LogP contribution is 2.23. The lowest BCUT2D eigenvalue weighted by atomic mass is 10.1. The molecule has 7 heteroatoms. The third-order valence-corrected chi connectivity index (χ3v) is 3.63. The Kier molecular flexibility index (Phi) is 6.53. The largest absolute Gasteiger partial charge is 0.395 e. The lowest BCUT2D eigenvalue weighted by molar-refractivity contribution is 0.281. The number of aliphatic hydroxyl groups excluding tert-OH is 2. The van der Waals surface area contributed by atoms with Gasteiger partial charge in [-0.05, 0) is 60.1 Å². The van der Waals surface area contributed by atoms with E-state index >= 15 is 0 Å². The predicted octanol–water partition coefficient (Wildman–Crippen LogP) is 2.62. The van der Waals surface area contributed by atoms with Crippen LogP contribution in [-0.2, 0) is 0 Å². The molecule has 2 aromatic rings. The van der Waals surface area contributed by atoms with E-state index in [2.05, 4.69) is 16.0 Å². The molecule has 0 aliphatic rings. The fraction of sp³-hybridized carbons (Fsp3) is 0.294. The van der Waals surface area contributed by atoms with Crippen molar-refractivity contribution in [3.8, 4) is 0 Å². The number of hydrogen-bond acceptors (Lipinski definition) is 7. The summed E-state index contributed by atoms with van der Waals surface area (Å²) in [4.78, 5) is 12.3. The lowest BCUT2D eigenvalue weighted by Gasteiger charge is -2.24. The minimum absolute atomic E-state index is 0.0340. The van der Waals surface area contributed by atoms with Gasteiger partial charge in [0, 0.05) is 18.8 Å². The summed E-state index contributed by atoms with van der Waals surface area (Å²) in [7, 11) is 0. The Hall–Kier alpha value is -2.64. The minimum Gasteiger partial charge on any atom is -0.395 e. The zero-order valence-electron chi connectivity index (χ0n) is 13.6. The van der Waals surface area contributed by atoms with Crippen LogP contribution in [0.4, 0.5) is 22.7 Å². The third-order valence-electron chi connectivity index (χ3n) is 3.63. The average Bonchev–Trinajstić information content (AvgIpc) is 2.61. The second-order valence-electron chi connectivity index (χ2n) is 5.32. The van der Waals surface area contributed by atoms with Crippen LogP contribution in [0.5, 0.6) is 0 Å². The van der Waals surface area contributed by atoms with Crippen molar-refractivity contribution in [3.63, 3.8) is 0 Å². The number of anilines is 3. The van der Waals surface area contributed by atoms with Crippen LogP contribution < -0.4 is 15.8 Å². The monoisotopic (exact) mass is 330 g/mol. The highest BCUT2D eigenvalue weighted by molar-refractivity contribution is 5.63. The van der Waals surface area contributed by atoms with Crippen molar-refractivity contribution in [3.05, 3.63) is 52.9 Å². The van der Waals surface area contributed by atoms with E-state index in [1.165, 1.54) is 0 Å². The van der Waals surface area contributed by atoms with Gasteiger partial charge in [-0.15, -0.1) is 4.91 Å². The third kappa shape index (κ3) is 4.68. The van der Waals surface area contributed by atoms with Crippen molar-refractivity contribution in [1.82, 2.24) is 0 Å². The molecule has 0 saturated carbocycles. The Morgan fingerprint density at radius 3 is 2.21 bits per heavy atom. The summed E-state index contributed by atoms with van der Waals surface area (Å²) in [6, 6.07) is 12.6. The van der Waals surface area contributed by atoms with Crippen molar-refractivity contribution in [2.75, 3.05) is 42.1 Å². The summed E-state index contributed by atoms with van der Waals surface area (Å²) >= 11 is 0. The Labute approximate surface area is 140 Å². The number of benzene rings is 2. The number of nitroso groups, excluding NO2 is 1. The quantitative estimate of drug-likeness (QED) is 0.417. The summed E-state index contributed by atoms with van der Waals surface area (Å²) in [6.07, 6.45) is 0. The van der Waals surface area contributed by atoms with Gasteiger partial charge in [0.05, 0.1) is 24.6 Å². The molecule has 0 amide bonds. The molecule has 0 aliphatic carbocycles. The first-order chi connectivity index (χ1) is 11.7. The molecule has 0 aliphatic heterocycles. The Morgan fingerprint density at radius 1 is 1.00 bits per heavy atom. The molecule has 0 atom stereocenters. The van der Waals surface area contributed by atoms with Gasteiger partial charge in [-0.2, -0.15) is 0 Å². The van der Waals surface area contributed by atoms with Crippen LogP contribution in [-0.4, -0.2) is 36.5 Å². The van der Waals surface area contributed by atoms with E-state index in [0.717, 1.165) is 22.6 Å². The predicted molar refractivity (Wildman–Crippen MR) is 96.7 cm³/mol. The first-order valence-corrected chi connectivity index (χ1v) is 7.70. The van der Waals surface area contributed by atoms with Gasteiger partial charge >= 0.3 is 0 Å². The topological polar surface area (TPSA) is 97.2 Å². The molecule has 0 heterocycles. The van der Waals surface area contributed by atoms with Crippen LogP contribution in [0, 0.1) is 11.8 Å². The van der Waals surface area contributed by atoms with Crippen LogP contribution in [0.2, 0.25) is 0 Å². The van der Waals surface area contributed by atoms with Crippen LogP contribution in [0.1, 0.15) is 5.56 Å². The number of hydrazine groups is 1. The normalized spacial score (nSPS) is 10.3. The number of aliphatic hydroxyl groups is 2. The minimum atomic E-state index is 0.0340. The fourth-order valence-corrected chi connectivity index (χ4v) is 2.34. The first-order valence-electron chi connectivity index (χ1n) is 7.70. The first kappa shape index (κ1) is 17.7. The molecule has 4 N–H and O–H groups in total. The molecule has 24 heavy (non-hydrogen) atoms. The number of nitrogens with one attached hydrogen (secondary N) is 2. The van der Waals surface area contributed by atoms with Crippen molar-refractivity contribution in [2.24, 2.45) is 5.18 Å². The van der Waals surface area contributed by atoms with E-state index in [-0.39, 0.29) is 13.2 Å². The molecule has 0 spiro atoms.